The number of rotatable bonds is 1. The van der Waals surface area contributed by atoms with Gasteiger partial charge in [0.1, 0.15) is 5.82 Å². The van der Waals surface area contributed by atoms with Crippen molar-refractivity contribution in [2.75, 3.05) is 6.54 Å². The normalized spacial score (nSPS) is 20.3. The van der Waals surface area contributed by atoms with E-state index in [9.17, 15) is 30.7 Å². The molecule has 1 aliphatic rings. The fourth-order valence-corrected chi connectivity index (χ4v) is 1.91. The van der Waals surface area contributed by atoms with Crippen LogP contribution in [0.3, 0.4) is 0 Å². The van der Waals surface area contributed by atoms with Gasteiger partial charge >= 0.3 is 12.4 Å². The zero-order valence-corrected chi connectivity index (χ0v) is 9.29. The van der Waals surface area contributed by atoms with Crippen molar-refractivity contribution >= 4 is 0 Å². The zero-order valence-electron chi connectivity index (χ0n) is 9.29. The Labute approximate surface area is 103 Å². The second kappa shape index (κ2) is 4.36. The van der Waals surface area contributed by atoms with Crippen LogP contribution in [0.1, 0.15) is 29.2 Å². The van der Waals surface area contributed by atoms with Gasteiger partial charge in [0.25, 0.3) is 0 Å². The standard InChI is InChI=1S/C11H8F7N/c12-7-4-5(10(13,14)15)3-6(11(16,17)18)9(7)8-1-2-19-8/h3-4,8,19H,1-2H2/t8-/m1/s1. The number of hydrogen-bond acceptors (Lipinski definition) is 1. The lowest BCUT2D eigenvalue weighted by atomic mass is 9.91. The molecular weight excluding hydrogens is 279 g/mol. The molecule has 1 nitrogen and oxygen atoms in total. The molecule has 0 saturated carbocycles. The summed E-state index contributed by atoms with van der Waals surface area (Å²) < 4.78 is 89.1. The first-order valence-corrected chi connectivity index (χ1v) is 5.32. The maximum atomic E-state index is 13.6. The summed E-state index contributed by atoms with van der Waals surface area (Å²) in [7, 11) is 0. The van der Waals surface area contributed by atoms with E-state index in [1.165, 1.54) is 0 Å². The first kappa shape index (κ1) is 14.1. The summed E-state index contributed by atoms with van der Waals surface area (Å²) in [6, 6.07) is -0.831. The van der Waals surface area contributed by atoms with E-state index in [0.717, 1.165) is 0 Å². The third-order valence-corrected chi connectivity index (χ3v) is 2.93. The van der Waals surface area contributed by atoms with Crippen molar-refractivity contribution in [1.82, 2.24) is 5.32 Å². The van der Waals surface area contributed by atoms with E-state index in [-0.39, 0.29) is 18.6 Å². The summed E-state index contributed by atoms with van der Waals surface area (Å²) in [5.74, 6) is -1.49. The van der Waals surface area contributed by atoms with Crippen LogP contribution < -0.4 is 5.32 Å². The average Bonchev–Trinajstić information content (AvgIpc) is 2.14. The molecule has 1 fully saturated rings. The minimum atomic E-state index is -5.03. The van der Waals surface area contributed by atoms with Gasteiger partial charge in [-0.25, -0.2) is 4.39 Å². The van der Waals surface area contributed by atoms with Crippen LogP contribution in [-0.2, 0) is 12.4 Å². The predicted octanol–water partition coefficient (Wildman–Crippen LogP) is 3.90. The lowest BCUT2D eigenvalue weighted by Gasteiger charge is -2.31. The third-order valence-electron chi connectivity index (χ3n) is 2.93. The zero-order chi connectivity index (χ0) is 14.4. The molecule has 2 rings (SSSR count). The van der Waals surface area contributed by atoms with Crippen LogP contribution in [0.15, 0.2) is 12.1 Å². The van der Waals surface area contributed by atoms with Gasteiger partial charge in [-0.3, -0.25) is 0 Å². The van der Waals surface area contributed by atoms with E-state index < -0.39 is 40.9 Å². The molecule has 1 aromatic carbocycles. The van der Waals surface area contributed by atoms with Crippen molar-refractivity contribution < 1.29 is 30.7 Å². The van der Waals surface area contributed by atoms with Gasteiger partial charge in [-0.15, -0.1) is 0 Å². The van der Waals surface area contributed by atoms with Crippen LogP contribution in [0.4, 0.5) is 30.7 Å². The summed E-state index contributed by atoms with van der Waals surface area (Å²) in [5, 5.41) is 2.55. The van der Waals surface area contributed by atoms with Crippen LogP contribution >= 0.6 is 0 Å². The lowest BCUT2D eigenvalue weighted by Crippen LogP contribution is -2.37. The Morgan fingerprint density at radius 3 is 1.95 bits per heavy atom. The number of halogens is 7. The molecule has 0 unspecified atom stereocenters. The molecule has 0 aliphatic carbocycles. The summed E-state index contributed by atoms with van der Waals surface area (Å²) in [4.78, 5) is 0. The molecule has 106 valence electrons. The molecule has 1 saturated heterocycles. The fourth-order valence-electron chi connectivity index (χ4n) is 1.91. The van der Waals surface area contributed by atoms with E-state index >= 15 is 0 Å². The Bertz CT molecular complexity index is 485. The van der Waals surface area contributed by atoms with Crippen molar-refractivity contribution in [3.05, 3.63) is 34.6 Å². The van der Waals surface area contributed by atoms with Crippen molar-refractivity contribution in [3.8, 4) is 0 Å². The van der Waals surface area contributed by atoms with E-state index in [2.05, 4.69) is 5.32 Å². The van der Waals surface area contributed by atoms with Gasteiger partial charge in [0.05, 0.1) is 11.1 Å². The lowest BCUT2D eigenvalue weighted by molar-refractivity contribution is -0.144. The summed E-state index contributed by atoms with van der Waals surface area (Å²) in [5.41, 5.74) is -3.95. The Balaban J connectivity index is 2.60. The Morgan fingerprint density at radius 2 is 1.58 bits per heavy atom. The Hall–Kier alpha value is -1.31. The van der Waals surface area contributed by atoms with Gasteiger partial charge in [-0.05, 0) is 25.1 Å². The van der Waals surface area contributed by atoms with Crippen LogP contribution in [0, 0.1) is 5.82 Å². The van der Waals surface area contributed by atoms with E-state index in [0.29, 0.717) is 6.54 Å². The molecule has 1 aliphatic heterocycles. The van der Waals surface area contributed by atoms with Crippen LogP contribution in [0.5, 0.6) is 0 Å². The number of hydrogen-bond donors (Lipinski definition) is 1. The molecule has 0 aromatic heterocycles. The van der Waals surface area contributed by atoms with E-state index in [1.807, 2.05) is 0 Å². The first-order valence-electron chi connectivity index (χ1n) is 5.32. The molecule has 1 N–H and O–H groups in total. The van der Waals surface area contributed by atoms with Gasteiger partial charge < -0.3 is 5.32 Å². The SMILES string of the molecule is Fc1cc(C(F)(F)F)cc(C(F)(F)F)c1[C@H]1CCN1. The highest BCUT2D eigenvalue weighted by Gasteiger charge is 2.42. The number of benzene rings is 1. The fraction of sp³-hybridized carbons (Fsp3) is 0.455. The molecule has 0 amide bonds. The molecule has 0 radical (unpaired) electrons. The van der Waals surface area contributed by atoms with Crippen LogP contribution in [0.25, 0.3) is 0 Å². The van der Waals surface area contributed by atoms with Crippen LogP contribution in [0.2, 0.25) is 0 Å². The van der Waals surface area contributed by atoms with Gasteiger partial charge in [0.15, 0.2) is 0 Å². The maximum absolute atomic E-state index is 13.6. The highest BCUT2D eigenvalue weighted by molar-refractivity contribution is 5.39. The Morgan fingerprint density at radius 1 is 1.00 bits per heavy atom. The van der Waals surface area contributed by atoms with Crippen molar-refractivity contribution in [2.45, 2.75) is 24.8 Å². The highest BCUT2D eigenvalue weighted by Crippen LogP contribution is 2.42. The molecule has 8 heteroatoms. The molecule has 0 spiro atoms. The summed E-state index contributed by atoms with van der Waals surface area (Å²) >= 11 is 0. The smallest absolute Gasteiger partial charge is 0.310 e. The topological polar surface area (TPSA) is 12.0 Å². The van der Waals surface area contributed by atoms with Crippen molar-refractivity contribution in [1.29, 1.82) is 0 Å². The summed E-state index contributed by atoms with van der Waals surface area (Å²) in [6.07, 6.45) is -9.80. The molecule has 19 heavy (non-hydrogen) atoms. The third kappa shape index (κ3) is 2.68. The predicted molar refractivity (Wildman–Crippen MR) is 51.8 cm³/mol. The van der Waals surface area contributed by atoms with E-state index in [1.54, 1.807) is 0 Å². The Kier molecular flexibility index (Phi) is 3.24. The molecule has 1 atom stereocenters. The quantitative estimate of drug-likeness (QED) is 0.772. The molecular formula is C11H8F7N. The summed E-state index contributed by atoms with van der Waals surface area (Å²) in [6.45, 7) is 0.405. The first-order chi connectivity index (χ1) is 8.60. The molecule has 1 aromatic rings. The van der Waals surface area contributed by atoms with Gasteiger partial charge in [-0.1, -0.05) is 0 Å². The number of nitrogens with one attached hydrogen (secondary N) is 1. The van der Waals surface area contributed by atoms with Gasteiger partial charge in [0.2, 0.25) is 0 Å². The van der Waals surface area contributed by atoms with Gasteiger partial charge in [0, 0.05) is 11.6 Å². The minimum absolute atomic E-state index is 0.0432. The van der Waals surface area contributed by atoms with Crippen molar-refractivity contribution in [3.63, 3.8) is 0 Å². The molecule has 0 bridgehead atoms. The van der Waals surface area contributed by atoms with Crippen LogP contribution in [-0.4, -0.2) is 6.54 Å². The maximum Gasteiger partial charge on any atom is 0.416 e. The average molecular weight is 287 g/mol. The second-order valence-corrected chi connectivity index (χ2v) is 4.21. The largest absolute Gasteiger partial charge is 0.416 e. The van der Waals surface area contributed by atoms with Gasteiger partial charge in [-0.2, -0.15) is 26.3 Å². The molecule has 1 heterocycles. The number of alkyl halides is 6. The monoisotopic (exact) mass is 287 g/mol. The second-order valence-electron chi connectivity index (χ2n) is 4.21. The van der Waals surface area contributed by atoms with E-state index in [4.69, 9.17) is 0 Å². The minimum Gasteiger partial charge on any atom is -0.310 e. The van der Waals surface area contributed by atoms with Crippen molar-refractivity contribution in [2.24, 2.45) is 0 Å². The highest BCUT2D eigenvalue weighted by atomic mass is 19.4.